The van der Waals surface area contributed by atoms with Gasteiger partial charge in [0.25, 0.3) is 5.91 Å². The van der Waals surface area contributed by atoms with Crippen LogP contribution < -0.4 is 4.31 Å². The molecule has 3 aromatic rings. The average molecular weight is 631 g/mol. The molecule has 42 heavy (non-hydrogen) atoms. The molecule has 2 aliphatic rings. The van der Waals surface area contributed by atoms with E-state index >= 15 is 0 Å². The van der Waals surface area contributed by atoms with Crippen molar-refractivity contribution < 1.29 is 13.4 Å². The summed E-state index contributed by atoms with van der Waals surface area (Å²) in [5.74, 6) is -0.371. The third-order valence-corrected chi connectivity index (χ3v) is 10.7. The molecule has 9 heteroatoms. The molecule has 0 aromatic heterocycles. The number of anilines is 1. The van der Waals surface area contributed by atoms with Gasteiger partial charge < -0.3 is 9.80 Å². The van der Waals surface area contributed by atoms with Crippen molar-refractivity contribution in [3.05, 3.63) is 98.3 Å². The molecule has 3 aromatic carbocycles. The maximum absolute atomic E-state index is 14.2. The van der Waals surface area contributed by atoms with Gasteiger partial charge in [-0.1, -0.05) is 47.5 Å². The van der Waals surface area contributed by atoms with E-state index < -0.39 is 11.0 Å². The highest BCUT2D eigenvalue weighted by Crippen LogP contribution is 2.47. The first-order chi connectivity index (χ1) is 20.0. The van der Waals surface area contributed by atoms with Crippen LogP contribution in [0.25, 0.3) is 0 Å². The average Bonchev–Trinajstić information content (AvgIpc) is 3.29. The highest BCUT2D eigenvalue weighted by atomic mass is 35.5. The monoisotopic (exact) mass is 629 g/mol. The third kappa shape index (κ3) is 6.26. The van der Waals surface area contributed by atoms with Crippen LogP contribution in [-0.4, -0.2) is 65.9 Å². The number of likely N-dealkylation sites (tertiary alicyclic amines) is 1. The molecule has 2 unspecified atom stereocenters. The third-order valence-electron chi connectivity index (χ3n) is 9.05. The highest BCUT2D eigenvalue weighted by molar-refractivity contribution is 7.85. The van der Waals surface area contributed by atoms with Gasteiger partial charge in [0.1, 0.15) is 16.8 Å². The zero-order valence-corrected chi connectivity index (χ0v) is 27.0. The van der Waals surface area contributed by atoms with Crippen molar-refractivity contribution in [1.82, 2.24) is 9.80 Å². The first-order valence-corrected chi connectivity index (χ1v) is 16.7. The quantitative estimate of drug-likeness (QED) is 0.266. The number of halogens is 3. The second-order valence-corrected chi connectivity index (χ2v) is 14.0. The Morgan fingerprint density at radius 1 is 1.05 bits per heavy atom. The molecule has 0 N–H and O–H groups in total. The van der Waals surface area contributed by atoms with Gasteiger partial charge in [-0.2, -0.15) is 0 Å². The van der Waals surface area contributed by atoms with Crippen LogP contribution in [0.4, 0.5) is 10.1 Å². The lowest BCUT2D eigenvalue weighted by Crippen LogP contribution is -2.45. The van der Waals surface area contributed by atoms with E-state index in [2.05, 4.69) is 23.1 Å². The molecule has 1 fully saturated rings. The number of likely N-dealkylation sites (N-methyl/N-ethyl adjacent to an activating group) is 1. The number of piperidine rings is 1. The Hall–Kier alpha value is -2.45. The van der Waals surface area contributed by atoms with Gasteiger partial charge in [-0.15, -0.1) is 0 Å². The molecule has 2 atom stereocenters. The summed E-state index contributed by atoms with van der Waals surface area (Å²) >= 11 is 12.6. The van der Waals surface area contributed by atoms with Crippen LogP contribution in [0.15, 0.2) is 54.6 Å². The number of aryl methyl sites for hydroxylation is 2. The van der Waals surface area contributed by atoms with Gasteiger partial charge in [-0.25, -0.2) is 8.60 Å². The van der Waals surface area contributed by atoms with E-state index in [0.717, 1.165) is 56.7 Å². The van der Waals surface area contributed by atoms with Gasteiger partial charge in [-0.05, 0) is 105 Å². The zero-order chi connectivity index (χ0) is 30.2. The van der Waals surface area contributed by atoms with E-state index in [-0.39, 0.29) is 23.1 Å². The Morgan fingerprint density at radius 3 is 2.36 bits per heavy atom. The van der Waals surface area contributed by atoms with Gasteiger partial charge in [0, 0.05) is 43.3 Å². The Morgan fingerprint density at radius 2 is 1.71 bits per heavy atom. The molecule has 0 aliphatic carbocycles. The Labute approximate surface area is 261 Å². The van der Waals surface area contributed by atoms with E-state index in [1.807, 2.05) is 28.6 Å². The number of benzene rings is 3. The maximum atomic E-state index is 14.2. The van der Waals surface area contributed by atoms with E-state index in [1.165, 1.54) is 5.56 Å². The highest BCUT2D eigenvalue weighted by Gasteiger charge is 2.45. The Kier molecular flexibility index (Phi) is 9.33. The van der Waals surface area contributed by atoms with Gasteiger partial charge >= 0.3 is 0 Å². The lowest BCUT2D eigenvalue weighted by molar-refractivity contribution is 0.0780. The minimum absolute atomic E-state index is 0.0277. The summed E-state index contributed by atoms with van der Waals surface area (Å²) in [4.78, 5) is 17.6. The number of carbonyl (C=O) groups is 1. The summed E-state index contributed by atoms with van der Waals surface area (Å²) in [5, 5.41) is 0.997. The van der Waals surface area contributed by atoms with Gasteiger partial charge in [0.2, 0.25) is 0 Å². The molecule has 1 amide bonds. The number of nitrogens with zero attached hydrogens (tertiary/aromatic N) is 3. The van der Waals surface area contributed by atoms with Gasteiger partial charge in [-0.3, -0.25) is 9.10 Å². The molecule has 0 saturated carbocycles. The summed E-state index contributed by atoms with van der Waals surface area (Å²) in [7, 11) is 0.746. The molecule has 0 radical (unpaired) electrons. The van der Waals surface area contributed by atoms with Crippen LogP contribution in [0, 0.1) is 19.7 Å². The fraction of sp³-hybridized carbons (Fsp3) is 0.424. The number of fused-ring (bicyclic) bond motifs is 2. The Balaban J connectivity index is 1.28. The van der Waals surface area contributed by atoms with Gasteiger partial charge in [0.05, 0.1) is 15.7 Å². The van der Waals surface area contributed by atoms with Crippen LogP contribution in [0.3, 0.4) is 0 Å². The minimum Gasteiger partial charge on any atom is -0.341 e. The smallest absolute Gasteiger partial charge is 0.253 e. The van der Waals surface area contributed by atoms with Crippen LogP contribution in [0.5, 0.6) is 0 Å². The zero-order valence-electron chi connectivity index (χ0n) is 24.6. The predicted octanol–water partition coefficient (Wildman–Crippen LogP) is 7.14. The van der Waals surface area contributed by atoms with Crippen molar-refractivity contribution >= 4 is 45.8 Å². The number of carbonyl (C=O) groups excluding carboxylic acids is 1. The molecular formula is C33H38Cl2FN3O2S. The number of hydrogen-bond donors (Lipinski definition) is 0. The number of hydrogen-bond acceptors (Lipinski definition) is 3. The van der Waals surface area contributed by atoms with E-state index in [0.29, 0.717) is 33.3 Å². The Bertz CT molecular complexity index is 1490. The fourth-order valence-corrected chi connectivity index (χ4v) is 7.79. The largest absolute Gasteiger partial charge is 0.341 e. The van der Waals surface area contributed by atoms with Crippen molar-refractivity contribution in [2.24, 2.45) is 0 Å². The van der Waals surface area contributed by atoms with E-state index in [4.69, 9.17) is 23.2 Å². The summed E-state index contributed by atoms with van der Waals surface area (Å²) in [6.45, 7) is 7.44. The summed E-state index contributed by atoms with van der Waals surface area (Å²) in [6.07, 6.45) is 4.62. The molecule has 2 aliphatic heterocycles. The first-order valence-electron chi connectivity index (χ1n) is 14.4. The van der Waals surface area contributed by atoms with Crippen LogP contribution in [0.1, 0.15) is 57.8 Å². The molecule has 2 heterocycles. The summed E-state index contributed by atoms with van der Waals surface area (Å²) in [5.41, 5.74) is 4.91. The lowest BCUT2D eigenvalue weighted by Gasteiger charge is -2.40. The SMILES string of the molecule is Cc1cc(C(=O)N(C)CC(CCN2CCC3(CC2)CN(S(C)=O)c2ccccc23)c2ccc(Cl)c(Cl)c2)cc(C)c1F. The minimum atomic E-state index is -1.05. The molecule has 5 nitrogen and oxygen atoms in total. The first kappa shape index (κ1) is 31.0. The van der Waals surface area contributed by atoms with Crippen LogP contribution in [0.2, 0.25) is 10.0 Å². The lowest BCUT2D eigenvalue weighted by atomic mass is 9.74. The number of para-hydroxylation sites is 1. The number of rotatable bonds is 8. The maximum Gasteiger partial charge on any atom is 0.253 e. The molecule has 1 spiro atoms. The molecule has 224 valence electrons. The van der Waals surface area contributed by atoms with E-state index in [1.54, 1.807) is 44.2 Å². The normalized spacial score (nSPS) is 17.7. The fourth-order valence-electron chi connectivity index (χ4n) is 6.62. The predicted molar refractivity (Wildman–Crippen MR) is 172 cm³/mol. The van der Waals surface area contributed by atoms with Crippen molar-refractivity contribution in [2.45, 2.75) is 44.4 Å². The van der Waals surface area contributed by atoms with Crippen molar-refractivity contribution in [3.8, 4) is 0 Å². The molecule has 1 saturated heterocycles. The second kappa shape index (κ2) is 12.7. The molecule has 0 bridgehead atoms. The van der Waals surface area contributed by atoms with Crippen molar-refractivity contribution in [1.29, 1.82) is 0 Å². The van der Waals surface area contributed by atoms with E-state index in [9.17, 15) is 13.4 Å². The van der Waals surface area contributed by atoms with Gasteiger partial charge in [0.15, 0.2) is 0 Å². The topological polar surface area (TPSA) is 43.9 Å². The summed E-state index contributed by atoms with van der Waals surface area (Å²) in [6, 6.07) is 17.3. The van der Waals surface area contributed by atoms with Crippen molar-refractivity contribution in [2.75, 3.05) is 50.3 Å². The molecular weight excluding hydrogens is 592 g/mol. The second-order valence-electron chi connectivity index (χ2n) is 11.9. The summed E-state index contributed by atoms with van der Waals surface area (Å²) < 4.78 is 28.7. The van der Waals surface area contributed by atoms with Crippen LogP contribution in [-0.2, 0) is 16.4 Å². The standard InChI is InChI=1S/C33H38Cl2FN3O2S/c1-22-17-26(18-23(2)31(22)36)32(40)37(3)20-25(24-9-10-28(34)29(35)19-24)11-14-38-15-12-33(13-16-38)21-39(42(4)41)30-8-6-5-7-27(30)33/h5-10,17-19,25H,11-16,20-21H2,1-4H3. The van der Waals surface area contributed by atoms with Crippen molar-refractivity contribution in [3.63, 3.8) is 0 Å². The number of amides is 1. The molecule has 5 rings (SSSR count). The van der Waals surface area contributed by atoms with Crippen LogP contribution >= 0.6 is 23.2 Å².